The van der Waals surface area contributed by atoms with Gasteiger partial charge in [0.05, 0.1) is 6.10 Å². The number of aromatic nitrogens is 4. The number of aryl methyl sites for hydroxylation is 1. The molecule has 0 saturated heterocycles. The number of halogens is 3. The van der Waals surface area contributed by atoms with Crippen molar-refractivity contribution in [2.24, 2.45) is 0 Å². The molecule has 0 bridgehead atoms. The quantitative estimate of drug-likeness (QED) is 0.938. The number of anilines is 1. The largest absolute Gasteiger partial charge is 0.453 e. The highest BCUT2D eigenvalue weighted by Crippen LogP contribution is 2.28. The lowest BCUT2D eigenvalue weighted by atomic mass is 9.93. The monoisotopic (exact) mass is 329 g/mol. The number of ether oxygens (including phenoxy) is 1. The molecule has 2 unspecified atom stereocenters. The van der Waals surface area contributed by atoms with Crippen LogP contribution < -0.4 is 5.32 Å². The van der Waals surface area contributed by atoms with Crippen LogP contribution in [-0.2, 0) is 10.9 Å². The van der Waals surface area contributed by atoms with Crippen molar-refractivity contribution in [1.82, 2.24) is 19.6 Å². The van der Waals surface area contributed by atoms with Gasteiger partial charge >= 0.3 is 6.18 Å². The zero-order valence-corrected chi connectivity index (χ0v) is 12.9. The summed E-state index contributed by atoms with van der Waals surface area (Å²) < 4.78 is 44.9. The van der Waals surface area contributed by atoms with Gasteiger partial charge in [-0.15, -0.1) is 5.10 Å². The Morgan fingerprint density at radius 3 is 2.78 bits per heavy atom. The van der Waals surface area contributed by atoms with Gasteiger partial charge in [-0.05, 0) is 32.6 Å². The third-order valence-corrected chi connectivity index (χ3v) is 4.01. The summed E-state index contributed by atoms with van der Waals surface area (Å²) in [5, 5.41) is 6.82. The third kappa shape index (κ3) is 3.39. The zero-order chi connectivity index (χ0) is 16.6. The summed E-state index contributed by atoms with van der Waals surface area (Å²) in [7, 11) is 1.68. The molecule has 6 nitrogen and oxygen atoms in total. The van der Waals surface area contributed by atoms with Crippen LogP contribution in [0, 0.1) is 6.92 Å². The molecule has 1 aliphatic rings. The van der Waals surface area contributed by atoms with Crippen molar-refractivity contribution >= 4 is 11.6 Å². The van der Waals surface area contributed by atoms with E-state index in [1.807, 2.05) is 0 Å². The van der Waals surface area contributed by atoms with Crippen LogP contribution in [0.3, 0.4) is 0 Å². The molecule has 2 atom stereocenters. The summed E-state index contributed by atoms with van der Waals surface area (Å²) in [5.41, 5.74) is 0.584. The average Bonchev–Trinajstić information content (AvgIpc) is 2.91. The van der Waals surface area contributed by atoms with Crippen LogP contribution in [0.5, 0.6) is 0 Å². The summed E-state index contributed by atoms with van der Waals surface area (Å²) in [6, 6.07) is 1.80. The van der Waals surface area contributed by atoms with Crippen LogP contribution in [0.1, 0.15) is 37.2 Å². The fraction of sp³-hybridized carbons (Fsp3) is 0.643. The topological polar surface area (TPSA) is 64.3 Å². The molecule has 9 heteroatoms. The van der Waals surface area contributed by atoms with Gasteiger partial charge < -0.3 is 10.1 Å². The fourth-order valence-electron chi connectivity index (χ4n) is 2.91. The molecule has 0 aromatic carbocycles. The highest BCUT2D eigenvalue weighted by atomic mass is 19.4. The Hall–Kier alpha value is -1.90. The van der Waals surface area contributed by atoms with Gasteiger partial charge in [0.15, 0.2) is 0 Å². The van der Waals surface area contributed by atoms with Crippen molar-refractivity contribution in [2.45, 2.75) is 50.9 Å². The molecule has 1 N–H and O–H groups in total. The van der Waals surface area contributed by atoms with Gasteiger partial charge in [0, 0.05) is 24.9 Å². The Morgan fingerprint density at radius 1 is 1.30 bits per heavy atom. The van der Waals surface area contributed by atoms with E-state index < -0.39 is 12.0 Å². The normalized spacial score (nSPS) is 22.5. The first-order chi connectivity index (χ1) is 10.9. The second kappa shape index (κ2) is 5.95. The van der Waals surface area contributed by atoms with E-state index in [4.69, 9.17) is 4.74 Å². The molecule has 0 radical (unpaired) electrons. The molecule has 126 valence electrons. The van der Waals surface area contributed by atoms with Crippen LogP contribution in [-0.4, -0.2) is 38.8 Å². The number of nitrogens with zero attached hydrogens (tertiary/aromatic N) is 4. The van der Waals surface area contributed by atoms with E-state index in [9.17, 15) is 13.2 Å². The number of fused-ring (bicyclic) bond motifs is 1. The standard InChI is InChI=1S/C14H18F3N5O/c1-8-6-11(19-9-4-3-5-10(7-9)23-2)22-13(18-8)20-12(21-22)14(15,16)17/h6,9-10,19H,3-5,7H2,1-2H3. The molecule has 0 amide bonds. The Balaban J connectivity index is 1.92. The Kier molecular flexibility index (Phi) is 4.13. The van der Waals surface area contributed by atoms with Gasteiger partial charge in [-0.25, -0.2) is 4.98 Å². The lowest BCUT2D eigenvalue weighted by Crippen LogP contribution is -2.31. The number of methoxy groups -OCH3 is 1. The molecule has 0 aliphatic heterocycles. The fourth-order valence-corrected chi connectivity index (χ4v) is 2.91. The summed E-state index contributed by atoms with van der Waals surface area (Å²) in [4.78, 5) is 7.50. The second-order valence-corrected chi connectivity index (χ2v) is 5.79. The van der Waals surface area contributed by atoms with Crippen molar-refractivity contribution in [3.8, 4) is 0 Å². The van der Waals surface area contributed by atoms with Crippen molar-refractivity contribution in [1.29, 1.82) is 0 Å². The number of hydrogen-bond acceptors (Lipinski definition) is 5. The van der Waals surface area contributed by atoms with Crippen LogP contribution >= 0.6 is 0 Å². The van der Waals surface area contributed by atoms with Gasteiger partial charge in [0.2, 0.25) is 0 Å². The van der Waals surface area contributed by atoms with E-state index in [1.54, 1.807) is 20.1 Å². The van der Waals surface area contributed by atoms with E-state index in [-0.39, 0.29) is 17.9 Å². The molecular weight excluding hydrogens is 311 g/mol. The first-order valence-electron chi connectivity index (χ1n) is 7.48. The van der Waals surface area contributed by atoms with Gasteiger partial charge in [0.1, 0.15) is 5.82 Å². The average molecular weight is 329 g/mol. The molecule has 23 heavy (non-hydrogen) atoms. The van der Waals surface area contributed by atoms with Crippen LogP contribution in [0.15, 0.2) is 6.07 Å². The number of rotatable bonds is 3. The number of hydrogen-bond donors (Lipinski definition) is 1. The maximum atomic E-state index is 12.8. The number of nitrogens with one attached hydrogen (secondary N) is 1. The van der Waals surface area contributed by atoms with Crippen LogP contribution in [0.2, 0.25) is 0 Å². The van der Waals surface area contributed by atoms with Crippen LogP contribution in [0.4, 0.5) is 19.0 Å². The van der Waals surface area contributed by atoms with E-state index in [0.717, 1.165) is 30.2 Å². The highest BCUT2D eigenvalue weighted by molar-refractivity contribution is 5.46. The first kappa shape index (κ1) is 16.0. The smallest absolute Gasteiger partial charge is 0.381 e. The SMILES string of the molecule is COC1CCCC(Nc2cc(C)nc3nc(C(F)(F)F)nn23)C1. The van der Waals surface area contributed by atoms with Crippen LogP contribution in [0.25, 0.3) is 5.78 Å². The van der Waals surface area contributed by atoms with Gasteiger partial charge in [-0.2, -0.15) is 22.7 Å². The molecule has 1 aliphatic carbocycles. The molecule has 0 spiro atoms. The molecule has 2 aromatic rings. The Morgan fingerprint density at radius 2 is 2.09 bits per heavy atom. The third-order valence-electron chi connectivity index (χ3n) is 4.01. The minimum absolute atomic E-state index is 0.0566. The lowest BCUT2D eigenvalue weighted by Gasteiger charge is -2.29. The summed E-state index contributed by atoms with van der Waals surface area (Å²) in [6.45, 7) is 1.71. The summed E-state index contributed by atoms with van der Waals surface area (Å²) in [6.07, 6.45) is -0.675. The van der Waals surface area contributed by atoms with Crippen molar-refractivity contribution in [3.05, 3.63) is 17.6 Å². The van der Waals surface area contributed by atoms with Crippen molar-refractivity contribution in [2.75, 3.05) is 12.4 Å². The number of alkyl halides is 3. The highest BCUT2D eigenvalue weighted by Gasteiger charge is 2.37. The Labute approximate surface area is 131 Å². The molecule has 2 heterocycles. The van der Waals surface area contributed by atoms with E-state index >= 15 is 0 Å². The minimum Gasteiger partial charge on any atom is -0.381 e. The molecule has 1 fully saturated rings. The Bertz CT molecular complexity index is 700. The van der Waals surface area contributed by atoms with E-state index in [1.165, 1.54) is 0 Å². The lowest BCUT2D eigenvalue weighted by molar-refractivity contribution is -0.144. The molecule has 3 rings (SSSR count). The van der Waals surface area contributed by atoms with Gasteiger partial charge in [0.25, 0.3) is 11.6 Å². The maximum Gasteiger partial charge on any atom is 0.453 e. The maximum absolute atomic E-state index is 12.8. The second-order valence-electron chi connectivity index (χ2n) is 5.79. The van der Waals surface area contributed by atoms with Gasteiger partial charge in [-0.1, -0.05) is 0 Å². The summed E-state index contributed by atoms with van der Waals surface area (Å²) in [5.74, 6) is -0.770. The predicted molar refractivity (Wildman–Crippen MR) is 77.2 cm³/mol. The first-order valence-corrected chi connectivity index (χ1v) is 7.48. The van der Waals surface area contributed by atoms with Gasteiger partial charge in [-0.3, -0.25) is 0 Å². The molecule has 1 saturated carbocycles. The van der Waals surface area contributed by atoms with E-state index in [0.29, 0.717) is 11.5 Å². The predicted octanol–water partition coefficient (Wildman–Crippen LogP) is 2.82. The van der Waals surface area contributed by atoms with Crippen molar-refractivity contribution in [3.63, 3.8) is 0 Å². The molecule has 2 aromatic heterocycles. The minimum atomic E-state index is -4.59. The zero-order valence-electron chi connectivity index (χ0n) is 12.9. The molecular formula is C14H18F3N5O. The summed E-state index contributed by atoms with van der Waals surface area (Å²) >= 11 is 0. The van der Waals surface area contributed by atoms with E-state index in [2.05, 4.69) is 20.4 Å². The van der Waals surface area contributed by atoms with Crippen molar-refractivity contribution < 1.29 is 17.9 Å².